The van der Waals surface area contributed by atoms with Crippen molar-refractivity contribution in [2.75, 3.05) is 6.54 Å². The molecule has 1 saturated heterocycles. The van der Waals surface area contributed by atoms with Crippen molar-refractivity contribution in [2.24, 2.45) is 0 Å². The molecule has 1 aliphatic rings. The first-order valence-electron chi connectivity index (χ1n) is 4.75. The van der Waals surface area contributed by atoms with Gasteiger partial charge < -0.3 is 10.0 Å². The highest BCUT2D eigenvalue weighted by molar-refractivity contribution is 5.66. The lowest BCUT2D eigenvalue weighted by molar-refractivity contribution is 0.0704. The summed E-state index contributed by atoms with van der Waals surface area (Å²) in [5.74, 6) is 0. The van der Waals surface area contributed by atoms with Crippen molar-refractivity contribution in [1.29, 1.82) is 0 Å². The Labute approximate surface area is 73.4 Å². The number of carboxylic acid groups (broad SMARTS) is 1. The van der Waals surface area contributed by atoms with Gasteiger partial charge in [0, 0.05) is 12.6 Å². The third kappa shape index (κ3) is 2.13. The van der Waals surface area contributed by atoms with E-state index in [2.05, 4.69) is 6.92 Å². The van der Waals surface area contributed by atoms with Gasteiger partial charge in [0.15, 0.2) is 0 Å². The highest BCUT2D eigenvalue weighted by Crippen LogP contribution is 2.22. The van der Waals surface area contributed by atoms with Crippen LogP contribution in [0.4, 0.5) is 4.79 Å². The van der Waals surface area contributed by atoms with Gasteiger partial charge in [0.25, 0.3) is 0 Å². The van der Waals surface area contributed by atoms with Gasteiger partial charge in [-0.25, -0.2) is 4.79 Å². The molecule has 1 aliphatic heterocycles. The molecule has 0 aromatic heterocycles. The van der Waals surface area contributed by atoms with E-state index in [0.29, 0.717) is 6.04 Å². The van der Waals surface area contributed by atoms with E-state index in [4.69, 9.17) is 5.11 Å². The van der Waals surface area contributed by atoms with Gasteiger partial charge in [-0.2, -0.15) is 0 Å². The lowest BCUT2D eigenvalue weighted by Crippen LogP contribution is -2.50. The maximum atomic E-state index is 10.6. The molecule has 0 unspecified atom stereocenters. The Kier molecular flexibility index (Phi) is 3.38. The lowest BCUT2D eigenvalue weighted by Gasteiger charge is -2.38. The van der Waals surface area contributed by atoms with Gasteiger partial charge in [0.1, 0.15) is 0 Å². The van der Waals surface area contributed by atoms with E-state index in [1.807, 2.05) is 0 Å². The van der Waals surface area contributed by atoms with Crippen LogP contribution < -0.4 is 0 Å². The summed E-state index contributed by atoms with van der Waals surface area (Å²) < 4.78 is 0. The number of hydrogen-bond donors (Lipinski definition) is 1. The average molecular weight is 171 g/mol. The summed E-state index contributed by atoms with van der Waals surface area (Å²) >= 11 is 0. The molecule has 1 rings (SSSR count). The van der Waals surface area contributed by atoms with Crippen LogP contribution in [0.2, 0.25) is 0 Å². The number of unbranched alkanes of at least 4 members (excludes halogenated alkanes) is 2. The molecule has 3 nitrogen and oxygen atoms in total. The first kappa shape index (κ1) is 9.36. The highest BCUT2D eigenvalue weighted by Gasteiger charge is 2.30. The number of likely N-dealkylation sites (tertiary alicyclic amines) is 1. The zero-order chi connectivity index (χ0) is 8.97. The number of nitrogens with zero attached hydrogens (tertiary/aromatic N) is 1. The van der Waals surface area contributed by atoms with Crippen molar-refractivity contribution in [2.45, 2.75) is 45.1 Å². The smallest absolute Gasteiger partial charge is 0.407 e. The van der Waals surface area contributed by atoms with Crippen molar-refractivity contribution in [3.05, 3.63) is 0 Å². The highest BCUT2D eigenvalue weighted by atomic mass is 16.4. The molecule has 0 saturated carbocycles. The minimum absolute atomic E-state index is 0.328. The van der Waals surface area contributed by atoms with E-state index >= 15 is 0 Å². The van der Waals surface area contributed by atoms with Gasteiger partial charge in [-0.15, -0.1) is 0 Å². The van der Waals surface area contributed by atoms with Gasteiger partial charge >= 0.3 is 6.09 Å². The molecule has 3 heteroatoms. The fourth-order valence-electron chi connectivity index (χ4n) is 1.62. The van der Waals surface area contributed by atoms with Gasteiger partial charge in [-0.3, -0.25) is 0 Å². The maximum absolute atomic E-state index is 10.6. The van der Waals surface area contributed by atoms with Crippen LogP contribution in [0.5, 0.6) is 0 Å². The SMILES string of the molecule is CCCCC[C@H]1CCN1C(=O)O. The molecule has 12 heavy (non-hydrogen) atoms. The van der Waals surface area contributed by atoms with E-state index in [0.717, 1.165) is 19.4 Å². The number of hydrogen-bond acceptors (Lipinski definition) is 1. The lowest BCUT2D eigenvalue weighted by atomic mass is 9.97. The molecule has 1 heterocycles. The second kappa shape index (κ2) is 4.33. The molecule has 1 atom stereocenters. The van der Waals surface area contributed by atoms with E-state index in [1.54, 1.807) is 4.90 Å². The Balaban J connectivity index is 2.12. The molecule has 0 radical (unpaired) electrons. The van der Waals surface area contributed by atoms with Gasteiger partial charge in [0.05, 0.1) is 0 Å². The zero-order valence-electron chi connectivity index (χ0n) is 7.62. The molecule has 0 spiro atoms. The van der Waals surface area contributed by atoms with Crippen LogP contribution in [0.1, 0.15) is 39.0 Å². The van der Waals surface area contributed by atoms with Crippen LogP contribution in [0.15, 0.2) is 0 Å². The Bertz CT molecular complexity index is 159. The second-order valence-corrected chi connectivity index (χ2v) is 3.41. The topological polar surface area (TPSA) is 40.5 Å². The number of rotatable bonds is 4. The quantitative estimate of drug-likeness (QED) is 0.659. The molecule has 1 N–H and O–H groups in total. The monoisotopic (exact) mass is 171 g/mol. The Morgan fingerprint density at radius 1 is 1.58 bits per heavy atom. The van der Waals surface area contributed by atoms with Gasteiger partial charge in [-0.1, -0.05) is 26.2 Å². The van der Waals surface area contributed by atoms with Gasteiger partial charge in [-0.05, 0) is 12.8 Å². The van der Waals surface area contributed by atoms with E-state index < -0.39 is 6.09 Å². The van der Waals surface area contributed by atoms with Crippen LogP contribution >= 0.6 is 0 Å². The zero-order valence-corrected chi connectivity index (χ0v) is 7.62. The number of amides is 1. The Hall–Kier alpha value is -0.730. The van der Waals surface area contributed by atoms with Crippen molar-refractivity contribution < 1.29 is 9.90 Å². The van der Waals surface area contributed by atoms with Crippen LogP contribution in [0.3, 0.4) is 0 Å². The van der Waals surface area contributed by atoms with E-state index in [-0.39, 0.29) is 0 Å². The first-order chi connectivity index (χ1) is 5.75. The van der Waals surface area contributed by atoms with E-state index in [9.17, 15) is 4.79 Å². The normalized spacial score (nSPS) is 22.1. The largest absolute Gasteiger partial charge is 0.465 e. The van der Waals surface area contributed by atoms with Crippen molar-refractivity contribution >= 4 is 6.09 Å². The molecular formula is C9H17NO2. The minimum atomic E-state index is -0.747. The van der Waals surface area contributed by atoms with Crippen molar-refractivity contribution in [3.8, 4) is 0 Å². The molecule has 70 valence electrons. The Morgan fingerprint density at radius 3 is 2.75 bits per heavy atom. The molecule has 0 aliphatic carbocycles. The summed E-state index contributed by atoms with van der Waals surface area (Å²) in [5, 5.41) is 8.69. The van der Waals surface area contributed by atoms with Gasteiger partial charge in [0.2, 0.25) is 0 Å². The molecule has 0 bridgehead atoms. The molecular weight excluding hydrogens is 154 g/mol. The predicted octanol–water partition coefficient (Wildman–Crippen LogP) is 2.32. The van der Waals surface area contributed by atoms with E-state index in [1.165, 1.54) is 19.3 Å². The fourth-order valence-corrected chi connectivity index (χ4v) is 1.62. The first-order valence-corrected chi connectivity index (χ1v) is 4.75. The molecule has 1 amide bonds. The van der Waals surface area contributed by atoms with Crippen LogP contribution in [-0.2, 0) is 0 Å². The summed E-state index contributed by atoms with van der Waals surface area (Å²) in [6.07, 6.45) is 4.98. The van der Waals surface area contributed by atoms with Crippen molar-refractivity contribution in [3.63, 3.8) is 0 Å². The van der Waals surface area contributed by atoms with Crippen LogP contribution in [-0.4, -0.2) is 28.7 Å². The predicted molar refractivity (Wildman–Crippen MR) is 47.3 cm³/mol. The fraction of sp³-hybridized carbons (Fsp3) is 0.889. The van der Waals surface area contributed by atoms with Crippen LogP contribution in [0, 0.1) is 0 Å². The summed E-state index contributed by atoms with van der Waals surface area (Å²) in [6, 6.07) is 0.328. The van der Waals surface area contributed by atoms with Crippen LogP contribution in [0.25, 0.3) is 0 Å². The summed E-state index contributed by atoms with van der Waals surface area (Å²) in [4.78, 5) is 12.1. The third-order valence-corrected chi connectivity index (χ3v) is 2.53. The standard InChI is InChI=1S/C9H17NO2/c1-2-3-4-5-8-6-7-10(8)9(11)12/h8H,2-7H2,1H3,(H,11,12)/t8-/m0/s1. The molecule has 0 aromatic carbocycles. The van der Waals surface area contributed by atoms with Crippen molar-refractivity contribution in [1.82, 2.24) is 4.90 Å². The summed E-state index contributed by atoms with van der Waals surface area (Å²) in [6.45, 7) is 2.90. The maximum Gasteiger partial charge on any atom is 0.407 e. The number of carbonyl (C=O) groups is 1. The average Bonchev–Trinajstić information content (AvgIpc) is 1.94. The molecule has 1 fully saturated rings. The summed E-state index contributed by atoms with van der Waals surface area (Å²) in [7, 11) is 0. The summed E-state index contributed by atoms with van der Waals surface area (Å²) in [5.41, 5.74) is 0. The second-order valence-electron chi connectivity index (χ2n) is 3.41. The molecule has 0 aromatic rings. The third-order valence-electron chi connectivity index (χ3n) is 2.53. The Morgan fingerprint density at radius 2 is 2.33 bits per heavy atom. The minimum Gasteiger partial charge on any atom is -0.465 e.